The summed E-state index contributed by atoms with van der Waals surface area (Å²) in [4.78, 5) is 21.5. The van der Waals surface area contributed by atoms with Gasteiger partial charge in [0, 0.05) is 0 Å². The Labute approximate surface area is 76.5 Å². The molecule has 5 heteroatoms. The van der Waals surface area contributed by atoms with Crippen LogP contribution >= 0.6 is 0 Å². The lowest BCUT2D eigenvalue weighted by atomic mass is 9.81. The third-order valence-electron chi connectivity index (χ3n) is 2.31. The van der Waals surface area contributed by atoms with Crippen molar-refractivity contribution in [2.24, 2.45) is 11.7 Å². The van der Waals surface area contributed by atoms with Gasteiger partial charge in [0.15, 0.2) is 0 Å². The number of carboxylic acids is 2. The highest BCUT2D eigenvalue weighted by molar-refractivity contribution is 5.86. The molecule has 0 radical (unpaired) electrons. The summed E-state index contributed by atoms with van der Waals surface area (Å²) in [5.41, 5.74) is 3.86. The summed E-state index contributed by atoms with van der Waals surface area (Å²) in [6.07, 6.45) is 0.319. The fourth-order valence-corrected chi connectivity index (χ4v) is 1.31. The average Bonchev–Trinajstić information content (AvgIpc) is 2.04. The zero-order chi connectivity index (χ0) is 10.6. The maximum absolute atomic E-state index is 10.8. The second-order valence-corrected chi connectivity index (χ2v) is 3.00. The normalized spacial score (nSPS) is 17.5. The van der Waals surface area contributed by atoms with Crippen molar-refractivity contribution >= 4 is 11.9 Å². The Bertz CT molecular complexity index is 216. The second-order valence-electron chi connectivity index (χ2n) is 3.00. The highest BCUT2D eigenvalue weighted by Gasteiger charge is 2.43. The molecule has 1 unspecified atom stereocenters. The van der Waals surface area contributed by atoms with Crippen LogP contribution in [0.15, 0.2) is 0 Å². The first kappa shape index (κ1) is 11.9. The topological polar surface area (TPSA) is 101 Å². The van der Waals surface area contributed by atoms with Crippen molar-refractivity contribution in [3.05, 3.63) is 0 Å². The van der Waals surface area contributed by atoms with Crippen LogP contribution in [0, 0.1) is 5.92 Å². The molecule has 0 aliphatic heterocycles. The number of hydrogen-bond acceptors (Lipinski definition) is 3. The number of aliphatic carboxylic acids is 2. The molecule has 4 N–H and O–H groups in total. The molecule has 13 heavy (non-hydrogen) atoms. The molecule has 0 heterocycles. The molecule has 0 aromatic carbocycles. The first-order valence-electron chi connectivity index (χ1n) is 4.15. The van der Waals surface area contributed by atoms with Crippen LogP contribution < -0.4 is 5.73 Å². The van der Waals surface area contributed by atoms with Gasteiger partial charge in [0.05, 0.1) is 5.92 Å². The van der Waals surface area contributed by atoms with Gasteiger partial charge in [0.2, 0.25) is 0 Å². The Morgan fingerprint density at radius 1 is 1.38 bits per heavy atom. The van der Waals surface area contributed by atoms with E-state index in [1.807, 2.05) is 0 Å². The SMILES string of the molecule is CCC(C(=O)O)[C@@](N)(CC)C(=O)O. The van der Waals surface area contributed by atoms with Crippen LogP contribution in [0.25, 0.3) is 0 Å². The molecule has 5 nitrogen and oxygen atoms in total. The molecular weight excluding hydrogens is 174 g/mol. The molecule has 0 aromatic heterocycles. The largest absolute Gasteiger partial charge is 0.481 e. The van der Waals surface area contributed by atoms with Crippen LogP contribution in [-0.4, -0.2) is 27.7 Å². The van der Waals surface area contributed by atoms with Crippen molar-refractivity contribution in [3.63, 3.8) is 0 Å². The van der Waals surface area contributed by atoms with E-state index in [1.54, 1.807) is 13.8 Å². The van der Waals surface area contributed by atoms with Gasteiger partial charge in [-0.25, -0.2) is 0 Å². The van der Waals surface area contributed by atoms with E-state index >= 15 is 0 Å². The minimum absolute atomic E-state index is 0.104. The maximum atomic E-state index is 10.8. The summed E-state index contributed by atoms with van der Waals surface area (Å²) >= 11 is 0. The maximum Gasteiger partial charge on any atom is 0.324 e. The molecule has 0 amide bonds. The fraction of sp³-hybridized carbons (Fsp3) is 0.750. The molecule has 0 saturated heterocycles. The van der Waals surface area contributed by atoms with Crippen molar-refractivity contribution in [2.75, 3.05) is 0 Å². The van der Waals surface area contributed by atoms with E-state index in [0.29, 0.717) is 0 Å². The van der Waals surface area contributed by atoms with E-state index in [4.69, 9.17) is 15.9 Å². The van der Waals surface area contributed by atoms with Crippen LogP contribution in [0.3, 0.4) is 0 Å². The Balaban J connectivity index is 4.91. The van der Waals surface area contributed by atoms with Gasteiger partial charge < -0.3 is 15.9 Å². The fourth-order valence-electron chi connectivity index (χ4n) is 1.31. The lowest BCUT2D eigenvalue weighted by Crippen LogP contribution is -2.56. The van der Waals surface area contributed by atoms with Crippen LogP contribution in [-0.2, 0) is 9.59 Å². The molecule has 0 fully saturated rings. The summed E-state index contributed by atoms with van der Waals surface area (Å²) in [5, 5.41) is 17.5. The predicted molar refractivity (Wildman–Crippen MR) is 46.3 cm³/mol. The monoisotopic (exact) mass is 189 g/mol. The van der Waals surface area contributed by atoms with Gasteiger partial charge in [-0.2, -0.15) is 0 Å². The Morgan fingerprint density at radius 2 is 1.85 bits per heavy atom. The second kappa shape index (κ2) is 4.23. The van der Waals surface area contributed by atoms with Crippen LogP contribution in [0.4, 0.5) is 0 Å². The summed E-state index contributed by atoms with van der Waals surface area (Å²) < 4.78 is 0. The molecule has 0 aliphatic rings. The zero-order valence-electron chi connectivity index (χ0n) is 7.78. The summed E-state index contributed by atoms with van der Waals surface area (Å²) in [5.74, 6) is -3.45. The van der Waals surface area contributed by atoms with E-state index in [9.17, 15) is 9.59 Å². The molecule has 0 spiro atoms. The van der Waals surface area contributed by atoms with Crippen molar-refractivity contribution in [1.82, 2.24) is 0 Å². The van der Waals surface area contributed by atoms with Crippen LogP contribution in [0.5, 0.6) is 0 Å². The molecular formula is C8H15NO4. The number of nitrogens with two attached hydrogens (primary N) is 1. The van der Waals surface area contributed by atoms with Gasteiger partial charge >= 0.3 is 11.9 Å². The highest BCUT2D eigenvalue weighted by atomic mass is 16.4. The van der Waals surface area contributed by atoms with E-state index < -0.39 is 23.4 Å². The van der Waals surface area contributed by atoms with E-state index in [0.717, 1.165) is 0 Å². The number of rotatable bonds is 5. The Hall–Kier alpha value is -1.10. The van der Waals surface area contributed by atoms with E-state index in [1.165, 1.54) is 0 Å². The molecule has 0 aliphatic carbocycles. The van der Waals surface area contributed by atoms with Crippen molar-refractivity contribution in [3.8, 4) is 0 Å². The van der Waals surface area contributed by atoms with Gasteiger partial charge in [0.1, 0.15) is 5.54 Å². The lowest BCUT2D eigenvalue weighted by Gasteiger charge is -2.28. The Kier molecular flexibility index (Phi) is 3.87. The lowest BCUT2D eigenvalue weighted by molar-refractivity contribution is -0.155. The highest BCUT2D eigenvalue weighted by Crippen LogP contribution is 2.22. The van der Waals surface area contributed by atoms with Crippen LogP contribution in [0.1, 0.15) is 26.7 Å². The predicted octanol–water partition coefficient (Wildman–Crippen LogP) is 0.289. The van der Waals surface area contributed by atoms with Gasteiger partial charge in [-0.3, -0.25) is 9.59 Å². The van der Waals surface area contributed by atoms with Gasteiger partial charge in [-0.05, 0) is 12.8 Å². The molecule has 0 saturated carbocycles. The molecule has 2 atom stereocenters. The van der Waals surface area contributed by atoms with Gasteiger partial charge in [0.25, 0.3) is 0 Å². The first-order chi connectivity index (χ1) is 5.90. The molecule has 76 valence electrons. The number of carbonyl (C=O) groups is 2. The quantitative estimate of drug-likeness (QED) is 0.577. The minimum Gasteiger partial charge on any atom is -0.481 e. The third kappa shape index (κ3) is 2.18. The van der Waals surface area contributed by atoms with Crippen molar-refractivity contribution < 1.29 is 19.8 Å². The third-order valence-corrected chi connectivity index (χ3v) is 2.31. The minimum atomic E-state index is -1.65. The van der Waals surface area contributed by atoms with E-state index in [2.05, 4.69) is 0 Å². The summed E-state index contributed by atoms with van der Waals surface area (Å²) in [6, 6.07) is 0. The van der Waals surface area contributed by atoms with Gasteiger partial charge in [-0.1, -0.05) is 13.8 Å². The number of hydrogen-bond donors (Lipinski definition) is 3. The smallest absolute Gasteiger partial charge is 0.324 e. The summed E-state index contributed by atoms with van der Waals surface area (Å²) in [6.45, 7) is 3.18. The standard InChI is InChI=1S/C8H15NO4/c1-3-5(6(10)11)8(9,4-2)7(12)13/h5H,3-4,9H2,1-2H3,(H,10,11)(H,12,13)/t5?,8-/m0/s1. The summed E-state index contributed by atoms with van der Waals surface area (Å²) in [7, 11) is 0. The number of carboxylic acid groups (broad SMARTS) is 2. The zero-order valence-corrected chi connectivity index (χ0v) is 7.78. The van der Waals surface area contributed by atoms with Crippen molar-refractivity contribution in [2.45, 2.75) is 32.2 Å². The molecule has 0 aromatic rings. The van der Waals surface area contributed by atoms with Crippen molar-refractivity contribution in [1.29, 1.82) is 0 Å². The molecule has 0 bridgehead atoms. The van der Waals surface area contributed by atoms with Gasteiger partial charge in [-0.15, -0.1) is 0 Å². The molecule has 0 rings (SSSR count). The van der Waals surface area contributed by atoms with Crippen LogP contribution in [0.2, 0.25) is 0 Å². The average molecular weight is 189 g/mol. The Morgan fingerprint density at radius 3 is 1.92 bits per heavy atom. The van der Waals surface area contributed by atoms with E-state index in [-0.39, 0.29) is 12.8 Å². The first-order valence-corrected chi connectivity index (χ1v) is 4.15.